The molecule has 0 saturated heterocycles. The van der Waals surface area contributed by atoms with Gasteiger partial charge in [-0.15, -0.1) is 0 Å². The first-order valence-electron chi connectivity index (χ1n) is 6.38. The summed E-state index contributed by atoms with van der Waals surface area (Å²) in [5.41, 5.74) is 0. The van der Waals surface area contributed by atoms with Crippen LogP contribution in [0.25, 0.3) is 0 Å². The Balaban J connectivity index is 3.36. The Morgan fingerprint density at radius 2 is 1.56 bits per heavy atom. The molecule has 3 heteroatoms. The van der Waals surface area contributed by atoms with E-state index < -0.39 is 0 Å². The molecule has 3 nitrogen and oxygen atoms in total. The number of carbonyl (C=O) groups is 2. The first-order chi connectivity index (χ1) is 7.70. The van der Waals surface area contributed by atoms with Crippen LogP contribution in [0.4, 0.5) is 0 Å². The minimum absolute atomic E-state index is 0.178. The minimum Gasteiger partial charge on any atom is -0.466 e. The molecule has 0 spiro atoms. The summed E-state index contributed by atoms with van der Waals surface area (Å²) in [4.78, 5) is 22.5. The highest BCUT2D eigenvalue weighted by Crippen LogP contribution is 2.05. The van der Waals surface area contributed by atoms with Crippen molar-refractivity contribution in [3.63, 3.8) is 0 Å². The lowest BCUT2D eigenvalue weighted by Gasteiger charge is -2.02. The van der Waals surface area contributed by atoms with E-state index in [-0.39, 0.29) is 11.8 Å². The van der Waals surface area contributed by atoms with Crippen molar-refractivity contribution in [2.24, 2.45) is 0 Å². The molecule has 0 amide bonds. The predicted octanol–water partition coefficient (Wildman–Crippen LogP) is 3.26. The molecule has 0 saturated carbocycles. The highest BCUT2D eigenvalue weighted by Gasteiger charge is 2.05. The smallest absolute Gasteiger partial charge is 0.305 e. The van der Waals surface area contributed by atoms with Crippen molar-refractivity contribution in [3.05, 3.63) is 0 Å². The van der Waals surface area contributed by atoms with Crippen LogP contribution in [0.15, 0.2) is 0 Å². The van der Waals surface area contributed by atoms with Gasteiger partial charge in [0.1, 0.15) is 5.78 Å². The van der Waals surface area contributed by atoms with E-state index in [2.05, 4.69) is 6.92 Å². The van der Waals surface area contributed by atoms with Crippen LogP contribution in [-0.2, 0) is 14.3 Å². The lowest BCUT2D eigenvalue weighted by atomic mass is 10.1. The van der Waals surface area contributed by atoms with Gasteiger partial charge in [-0.05, 0) is 19.3 Å². The highest BCUT2D eigenvalue weighted by molar-refractivity contribution is 5.79. The first-order valence-corrected chi connectivity index (χ1v) is 6.38. The molecule has 0 unspecified atom stereocenters. The molecule has 0 N–H and O–H groups in total. The van der Waals surface area contributed by atoms with E-state index in [1.807, 2.05) is 6.92 Å². The van der Waals surface area contributed by atoms with Gasteiger partial charge in [0.25, 0.3) is 0 Å². The molecular formula is C13H24O3. The summed E-state index contributed by atoms with van der Waals surface area (Å²) in [6.45, 7) is 4.57. The van der Waals surface area contributed by atoms with Gasteiger partial charge >= 0.3 is 5.97 Å². The first kappa shape index (κ1) is 15.1. The van der Waals surface area contributed by atoms with Gasteiger partial charge in [-0.25, -0.2) is 0 Å². The second-order valence-electron chi connectivity index (χ2n) is 4.07. The molecule has 0 atom stereocenters. The third-order valence-electron chi connectivity index (χ3n) is 2.36. The average Bonchev–Trinajstić information content (AvgIpc) is 2.26. The maximum Gasteiger partial charge on any atom is 0.305 e. The minimum atomic E-state index is -0.178. The molecule has 0 aromatic carbocycles. The third-order valence-corrected chi connectivity index (χ3v) is 2.36. The monoisotopic (exact) mass is 228 g/mol. The SMILES string of the molecule is CCCCCC(=O)CCCC(=O)OCCC. The van der Waals surface area contributed by atoms with E-state index in [0.29, 0.717) is 32.3 Å². The lowest BCUT2D eigenvalue weighted by Crippen LogP contribution is -2.06. The third kappa shape index (κ3) is 9.69. The molecule has 0 heterocycles. The molecular weight excluding hydrogens is 204 g/mol. The van der Waals surface area contributed by atoms with E-state index in [1.165, 1.54) is 0 Å². The maximum absolute atomic E-state index is 11.4. The zero-order valence-corrected chi connectivity index (χ0v) is 10.6. The largest absolute Gasteiger partial charge is 0.466 e. The van der Waals surface area contributed by atoms with Crippen LogP contribution in [0.2, 0.25) is 0 Å². The Morgan fingerprint density at radius 3 is 2.19 bits per heavy atom. The molecule has 0 bridgehead atoms. The van der Waals surface area contributed by atoms with Crippen molar-refractivity contribution >= 4 is 11.8 Å². The van der Waals surface area contributed by atoms with Gasteiger partial charge in [0.05, 0.1) is 6.61 Å². The Morgan fingerprint density at radius 1 is 0.875 bits per heavy atom. The highest BCUT2D eigenvalue weighted by atomic mass is 16.5. The van der Waals surface area contributed by atoms with Crippen LogP contribution in [0.5, 0.6) is 0 Å². The number of ether oxygens (including phenoxy) is 1. The Bertz CT molecular complexity index is 199. The average molecular weight is 228 g/mol. The second kappa shape index (κ2) is 10.7. The number of ketones is 1. The molecule has 94 valence electrons. The van der Waals surface area contributed by atoms with E-state index in [0.717, 1.165) is 25.7 Å². The van der Waals surface area contributed by atoms with Crippen LogP contribution in [0, 0.1) is 0 Å². The van der Waals surface area contributed by atoms with Crippen molar-refractivity contribution in [1.29, 1.82) is 0 Å². The summed E-state index contributed by atoms with van der Waals surface area (Å²) in [7, 11) is 0. The summed E-state index contributed by atoms with van der Waals surface area (Å²) in [6.07, 6.45) is 6.27. The Kier molecular flexibility index (Phi) is 10.1. The van der Waals surface area contributed by atoms with Gasteiger partial charge < -0.3 is 4.74 Å². The van der Waals surface area contributed by atoms with E-state index >= 15 is 0 Å². The Labute approximate surface area is 98.6 Å². The molecule has 0 fully saturated rings. The maximum atomic E-state index is 11.4. The zero-order chi connectivity index (χ0) is 12.2. The lowest BCUT2D eigenvalue weighted by molar-refractivity contribution is -0.143. The number of esters is 1. The number of hydrogen-bond acceptors (Lipinski definition) is 3. The summed E-state index contributed by atoms with van der Waals surface area (Å²) in [6, 6.07) is 0. The summed E-state index contributed by atoms with van der Waals surface area (Å²) in [5.74, 6) is 0.0972. The zero-order valence-electron chi connectivity index (χ0n) is 10.6. The van der Waals surface area contributed by atoms with Crippen molar-refractivity contribution < 1.29 is 14.3 Å². The normalized spacial score (nSPS) is 10.1. The van der Waals surface area contributed by atoms with Gasteiger partial charge in [-0.1, -0.05) is 26.7 Å². The van der Waals surface area contributed by atoms with E-state index in [1.54, 1.807) is 0 Å². The fourth-order valence-electron chi connectivity index (χ4n) is 1.42. The van der Waals surface area contributed by atoms with Crippen LogP contribution in [-0.4, -0.2) is 18.4 Å². The summed E-state index contributed by atoms with van der Waals surface area (Å²) in [5, 5.41) is 0. The standard InChI is InChI=1S/C13H24O3/c1-3-5-6-8-12(14)9-7-10-13(15)16-11-4-2/h3-11H2,1-2H3. The quantitative estimate of drug-likeness (QED) is 0.426. The molecule has 0 radical (unpaired) electrons. The van der Waals surface area contributed by atoms with Crippen LogP contribution >= 0.6 is 0 Å². The summed E-state index contributed by atoms with van der Waals surface area (Å²) >= 11 is 0. The van der Waals surface area contributed by atoms with Crippen molar-refractivity contribution in [2.45, 2.75) is 65.2 Å². The van der Waals surface area contributed by atoms with Gasteiger partial charge in [0, 0.05) is 19.3 Å². The number of rotatable bonds is 10. The fourth-order valence-corrected chi connectivity index (χ4v) is 1.42. The topological polar surface area (TPSA) is 43.4 Å². The second-order valence-corrected chi connectivity index (χ2v) is 4.07. The number of Topliss-reactive ketones (excluding diaryl/α,β-unsaturated/α-hetero) is 1. The van der Waals surface area contributed by atoms with Crippen molar-refractivity contribution in [3.8, 4) is 0 Å². The van der Waals surface area contributed by atoms with Crippen LogP contribution < -0.4 is 0 Å². The molecule has 0 aliphatic rings. The molecule has 0 aromatic heterocycles. The van der Waals surface area contributed by atoms with Gasteiger partial charge in [-0.2, -0.15) is 0 Å². The van der Waals surface area contributed by atoms with E-state index in [9.17, 15) is 9.59 Å². The fraction of sp³-hybridized carbons (Fsp3) is 0.846. The number of hydrogen-bond donors (Lipinski definition) is 0. The van der Waals surface area contributed by atoms with Crippen LogP contribution in [0.3, 0.4) is 0 Å². The van der Waals surface area contributed by atoms with Gasteiger partial charge in [-0.3, -0.25) is 9.59 Å². The van der Waals surface area contributed by atoms with Gasteiger partial charge in [0.2, 0.25) is 0 Å². The Hall–Kier alpha value is -0.860. The molecule has 0 aliphatic heterocycles. The van der Waals surface area contributed by atoms with E-state index in [4.69, 9.17) is 4.74 Å². The molecule has 16 heavy (non-hydrogen) atoms. The number of carbonyl (C=O) groups excluding carboxylic acids is 2. The molecule has 0 aliphatic carbocycles. The molecule has 0 aromatic rings. The van der Waals surface area contributed by atoms with Crippen molar-refractivity contribution in [1.82, 2.24) is 0 Å². The van der Waals surface area contributed by atoms with Crippen molar-refractivity contribution in [2.75, 3.05) is 6.61 Å². The predicted molar refractivity (Wildman–Crippen MR) is 64.3 cm³/mol. The molecule has 0 rings (SSSR count). The van der Waals surface area contributed by atoms with Gasteiger partial charge in [0.15, 0.2) is 0 Å². The van der Waals surface area contributed by atoms with Crippen LogP contribution in [0.1, 0.15) is 65.2 Å². The summed E-state index contributed by atoms with van der Waals surface area (Å²) < 4.78 is 4.92. The number of unbranched alkanes of at least 4 members (excludes halogenated alkanes) is 2.